The van der Waals surface area contributed by atoms with Gasteiger partial charge in [-0.05, 0) is 30.2 Å². The van der Waals surface area contributed by atoms with E-state index in [4.69, 9.17) is 4.74 Å². The second-order valence-corrected chi connectivity index (χ2v) is 9.34. The number of nitrogens with one attached hydrogen (secondary N) is 2. The van der Waals surface area contributed by atoms with Crippen molar-refractivity contribution in [3.63, 3.8) is 0 Å². The van der Waals surface area contributed by atoms with E-state index in [-0.39, 0.29) is 24.2 Å². The van der Waals surface area contributed by atoms with E-state index in [2.05, 4.69) is 42.5 Å². The predicted octanol–water partition coefficient (Wildman–Crippen LogP) is 4.29. The molecule has 33 heavy (non-hydrogen) atoms. The highest BCUT2D eigenvalue weighted by Crippen LogP contribution is 2.09. The van der Waals surface area contributed by atoms with Crippen molar-refractivity contribution in [2.45, 2.75) is 59.2 Å². The van der Waals surface area contributed by atoms with E-state index in [0.29, 0.717) is 23.5 Å². The molecular formula is C23H34Br2N2O6. The SMILES string of the molecule is CC(C)C[C@H](NC(=O)[C@H](CC(C)C)NC(=O)OCc1ccccc1)C(=O)O.O=C(CBr)CBr. The van der Waals surface area contributed by atoms with Crippen molar-refractivity contribution in [3.8, 4) is 0 Å². The van der Waals surface area contributed by atoms with Crippen LogP contribution in [0.2, 0.25) is 0 Å². The number of benzene rings is 1. The summed E-state index contributed by atoms with van der Waals surface area (Å²) >= 11 is 5.99. The van der Waals surface area contributed by atoms with Gasteiger partial charge in [0.15, 0.2) is 5.78 Å². The predicted molar refractivity (Wildman–Crippen MR) is 135 cm³/mol. The zero-order valence-corrected chi connectivity index (χ0v) is 22.6. The van der Waals surface area contributed by atoms with Crippen molar-refractivity contribution >= 4 is 55.6 Å². The fourth-order valence-electron chi connectivity index (χ4n) is 2.61. The van der Waals surface area contributed by atoms with Crippen LogP contribution in [0, 0.1) is 11.8 Å². The van der Waals surface area contributed by atoms with Crippen LogP contribution in [0.4, 0.5) is 4.79 Å². The zero-order chi connectivity index (χ0) is 25.4. The fourth-order valence-corrected chi connectivity index (χ4v) is 3.54. The Hall–Kier alpha value is -1.94. The Morgan fingerprint density at radius 3 is 1.82 bits per heavy atom. The molecule has 0 unspecified atom stereocenters. The van der Waals surface area contributed by atoms with Gasteiger partial charge in [0, 0.05) is 0 Å². The van der Waals surface area contributed by atoms with Crippen LogP contribution in [0.25, 0.3) is 0 Å². The summed E-state index contributed by atoms with van der Waals surface area (Å²) in [6.45, 7) is 7.69. The lowest BCUT2D eigenvalue weighted by Gasteiger charge is -2.23. The first-order chi connectivity index (χ1) is 15.5. The molecule has 10 heteroatoms. The maximum Gasteiger partial charge on any atom is 0.408 e. The minimum Gasteiger partial charge on any atom is -0.480 e. The summed E-state index contributed by atoms with van der Waals surface area (Å²) < 4.78 is 5.16. The lowest BCUT2D eigenvalue weighted by atomic mass is 10.0. The van der Waals surface area contributed by atoms with Gasteiger partial charge in [0.05, 0.1) is 10.7 Å². The molecule has 3 N–H and O–H groups in total. The first-order valence-electron chi connectivity index (χ1n) is 10.6. The Morgan fingerprint density at radius 1 is 0.879 bits per heavy atom. The fraction of sp³-hybridized carbons (Fsp3) is 0.565. The van der Waals surface area contributed by atoms with Crippen molar-refractivity contribution in [1.29, 1.82) is 0 Å². The molecule has 1 aromatic carbocycles. The van der Waals surface area contributed by atoms with Gasteiger partial charge >= 0.3 is 12.1 Å². The first kappa shape index (κ1) is 31.1. The van der Waals surface area contributed by atoms with E-state index in [1.54, 1.807) is 0 Å². The number of rotatable bonds is 12. The number of hydrogen-bond donors (Lipinski definition) is 3. The quantitative estimate of drug-likeness (QED) is 0.311. The van der Waals surface area contributed by atoms with E-state index in [0.717, 1.165) is 5.56 Å². The Morgan fingerprint density at radius 2 is 1.39 bits per heavy atom. The third-order valence-corrected chi connectivity index (χ3v) is 5.40. The number of alkyl halides is 2. The number of aliphatic carboxylic acids is 1. The number of ketones is 1. The third kappa shape index (κ3) is 15.5. The molecular weight excluding hydrogens is 560 g/mol. The molecule has 0 aliphatic carbocycles. The van der Waals surface area contributed by atoms with Gasteiger partial charge in [-0.2, -0.15) is 0 Å². The Bertz CT molecular complexity index is 738. The van der Waals surface area contributed by atoms with Crippen LogP contribution >= 0.6 is 31.9 Å². The number of carboxylic acid groups (broad SMARTS) is 1. The number of carbonyl (C=O) groups excluding carboxylic acids is 3. The van der Waals surface area contributed by atoms with Gasteiger partial charge in [-0.15, -0.1) is 0 Å². The van der Waals surface area contributed by atoms with Gasteiger partial charge in [-0.3, -0.25) is 9.59 Å². The van der Waals surface area contributed by atoms with Gasteiger partial charge in [0.2, 0.25) is 5.91 Å². The van der Waals surface area contributed by atoms with Crippen LogP contribution in [0.3, 0.4) is 0 Å². The number of carboxylic acids is 1. The number of hydrogen-bond acceptors (Lipinski definition) is 5. The molecule has 0 saturated carbocycles. The van der Waals surface area contributed by atoms with Gasteiger partial charge in [0.1, 0.15) is 18.7 Å². The van der Waals surface area contributed by atoms with E-state index >= 15 is 0 Å². The number of amides is 2. The minimum absolute atomic E-state index is 0.0911. The number of ether oxygens (including phenoxy) is 1. The summed E-state index contributed by atoms with van der Waals surface area (Å²) in [4.78, 5) is 46.1. The topological polar surface area (TPSA) is 122 Å². The van der Waals surface area contributed by atoms with E-state index in [1.807, 2.05) is 58.0 Å². The van der Waals surface area contributed by atoms with Crippen LogP contribution in [-0.4, -0.2) is 51.6 Å². The van der Waals surface area contributed by atoms with Gasteiger partial charge < -0.3 is 20.5 Å². The lowest BCUT2D eigenvalue weighted by molar-refractivity contribution is -0.142. The summed E-state index contributed by atoms with van der Waals surface area (Å²) in [5, 5.41) is 15.3. The summed E-state index contributed by atoms with van der Waals surface area (Å²) in [5.74, 6) is -1.20. The third-order valence-electron chi connectivity index (χ3n) is 4.15. The molecule has 2 atom stereocenters. The van der Waals surface area contributed by atoms with Crippen molar-refractivity contribution in [3.05, 3.63) is 35.9 Å². The highest BCUT2D eigenvalue weighted by Gasteiger charge is 2.28. The molecule has 0 aliphatic rings. The molecule has 1 aromatic rings. The number of carbonyl (C=O) groups is 4. The maximum atomic E-state index is 12.5. The Balaban J connectivity index is 0.00000150. The summed E-state index contributed by atoms with van der Waals surface area (Å²) in [7, 11) is 0. The molecule has 0 saturated heterocycles. The molecule has 186 valence electrons. The molecule has 8 nitrogen and oxygen atoms in total. The second kappa shape index (κ2) is 17.5. The van der Waals surface area contributed by atoms with E-state index < -0.39 is 30.1 Å². The summed E-state index contributed by atoms with van der Waals surface area (Å²) in [6.07, 6.45) is -0.0239. The largest absolute Gasteiger partial charge is 0.480 e. The van der Waals surface area contributed by atoms with Crippen LogP contribution < -0.4 is 10.6 Å². The van der Waals surface area contributed by atoms with Crippen LogP contribution in [0.15, 0.2) is 30.3 Å². The molecule has 0 heterocycles. The standard InChI is InChI=1S/C20H30N2O5.C3H4Br2O/c1-13(2)10-16(18(23)21-17(19(24)25)11-14(3)4)22-20(26)27-12-15-8-6-5-7-9-15;4-1-3(6)2-5/h5-9,13-14,16-17H,10-12H2,1-4H3,(H,21,23)(H,22,26)(H,24,25);1-2H2/t16-,17-;/m0./s1. The minimum atomic E-state index is -1.09. The lowest BCUT2D eigenvalue weighted by Crippen LogP contribution is -2.52. The zero-order valence-electron chi connectivity index (χ0n) is 19.5. The average Bonchev–Trinajstić information content (AvgIpc) is 2.76. The smallest absolute Gasteiger partial charge is 0.408 e. The first-order valence-corrected chi connectivity index (χ1v) is 12.9. The van der Waals surface area contributed by atoms with Crippen molar-refractivity contribution in [1.82, 2.24) is 10.6 Å². The molecule has 2 amide bonds. The number of halogens is 2. The molecule has 0 aliphatic heterocycles. The van der Waals surface area contributed by atoms with E-state index in [1.165, 1.54) is 0 Å². The van der Waals surface area contributed by atoms with Crippen molar-refractivity contribution < 1.29 is 29.0 Å². The van der Waals surface area contributed by atoms with Crippen molar-refractivity contribution in [2.75, 3.05) is 10.7 Å². The second-order valence-electron chi connectivity index (χ2n) is 8.22. The van der Waals surface area contributed by atoms with Crippen molar-refractivity contribution in [2.24, 2.45) is 11.8 Å². The monoisotopic (exact) mass is 592 g/mol. The molecule has 0 spiro atoms. The van der Waals surface area contributed by atoms with Gasteiger partial charge in [-0.1, -0.05) is 89.9 Å². The molecule has 0 aromatic heterocycles. The van der Waals surface area contributed by atoms with Crippen LogP contribution in [0.1, 0.15) is 46.1 Å². The van der Waals surface area contributed by atoms with Crippen LogP contribution in [-0.2, 0) is 25.7 Å². The summed E-state index contributed by atoms with van der Waals surface area (Å²) in [5.41, 5.74) is 0.834. The van der Waals surface area contributed by atoms with Crippen LogP contribution in [0.5, 0.6) is 0 Å². The van der Waals surface area contributed by atoms with Gasteiger partial charge in [-0.25, -0.2) is 9.59 Å². The highest BCUT2D eigenvalue weighted by atomic mass is 79.9. The number of Topliss-reactive ketones (excluding diaryl/α,β-unsaturated/α-hetero) is 1. The Labute approximate surface area is 212 Å². The normalized spacial score (nSPS) is 12.2. The van der Waals surface area contributed by atoms with Gasteiger partial charge in [0.25, 0.3) is 0 Å². The molecule has 0 fully saturated rings. The average molecular weight is 594 g/mol. The molecule has 0 bridgehead atoms. The Kier molecular flexibility index (Phi) is 16.5. The van der Waals surface area contributed by atoms with E-state index in [9.17, 15) is 24.3 Å². The molecule has 0 radical (unpaired) electrons. The highest BCUT2D eigenvalue weighted by molar-refractivity contribution is 9.10. The maximum absolute atomic E-state index is 12.5. The summed E-state index contributed by atoms with van der Waals surface area (Å²) in [6, 6.07) is 7.35. The number of alkyl carbamates (subject to hydrolysis) is 1. The molecule has 1 rings (SSSR count).